The lowest BCUT2D eigenvalue weighted by atomic mass is 10.0. The maximum absolute atomic E-state index is 12.8. The topological polar surface area (TPSA) is 238 Å². The number of nitrogens with zero attached hydrogens (tertiary/aromatic N) is 2. The number of hydrogen-bond donors (Lipinski definition) is 4. The predicted molar refractivity (Wildman–Crippen MR) is 178 cm³/mol. The van der Waals surface area contributed by atoms with Gasteiger partial charge in [-0.15, -0.1) is 0 Å². The highest BCUT2D eigenvalue weighted by Crippen LogP contribution is 2.23. The SMILES string of the molecule is O=C(OCC(NC(=O)C(Cl)Cl)C(O)c1ccc([N+](=O)[O-])cc1)c1ccc(C(=O)OCC(NC(=O)C(Cl)Cl)C(O)c2ccc([N+](=O)[O-])cc2)cc1. The molecule has 0 spiro atoms. The molecule has 0 aromatic heterocycles. The molecule has 0 bridgehead atoms. The summed E-state index contributed by atoms with van der Waals surface area (Å²) < 4.78 is 10.5. The minimum Gasteiger partial charge on any atom is -0.460 e. The van der Waals surface area contributed by atoms with Gasteiger partial charge in [0.25, 0.3) is 23.2 Å². The van der Waals surface area contributed by atoms with Crippen LogP contribution in [-0.4, -0.2) is 78.8 Å². The van der Waals surface area contributed by atoms with Gasteiger partial charge >= 0.3 is 11.9 Å². The Morgan fingerprint density at radius 1 is 0.600 bits per heavy atom. The van der Waals surface area contributed by atoms with E-state index < -0.39 is 80.8 Å². The molecule has 4 atom stereocenters. The summed E-state index contributed by atoms with van der Waals surface area (Å²) in [5, 5.41) is 48.2. The van der Waals surface area contributed by atoms with Crippen molar-refractivity contribution >= 4 is 81.5 Å². The van der Waals surface area contributed by atoms with E-state index in [9.17, 15) is 49.6 Å². The van der Waals surface area contributed by atoms with E-state index in [1.54, 1.807) is 0 Å². The Labute approximate surface area is 302 Å². The second-order valence-corrected chi connectivity index (χ2v) is 12.4. The average molecular weight is 776 g/mol. The fraction of sp³-hybridized carbons (Fsp3) is 0.267. The maximum Gasteiger partial charge on any atom is 0.338 e. The quantitative estimate of drug-likeness (QED) is 0.0703. The molecule has 16 nitrogen and oxygen atoms in total. The van der Waals surface area contributed by atoms with Gasteiger partial charge in [0.2, 0.25) is 0 Å². The number of nitro groups is 2. The standard InChI is InChI=1S/C30H26Cl4N4O12/c31-25(32)27(41)35-21(23(39)15-5-9-19(10-6-15)37(45)46)13-49-29(43)17-1-2-18(4-3-17)30(44)50-14-22(36-28(42)26(33)34)24(40)16-7-11-20(12-8-16)38(47)48/h1-12,21-26,39-40H,13-14H2,(H,35,41)(H,36,42). The molecule has 0 aliphatic heterocycles. The first-order valence-electron chi connectivity index (χ1n) is 14.0. The number of alkyl halides is 4. The third kappa shape index (κ3) is 11.2. The summed E-state index contributed by atoms with van der Waals surface area (Å²) in [6.45, 7) is -1.19. The number of ether oxygens (including phenoxy) is 2. The first-order valence-corrected chi connectivity index (χ1v) is 15.8. The van der Waals surface area contributed by atoms with Crippen LogP contribution >= 0.6 is 46.4 Å². The van der Waals surface area contributed by atoms with Crippen LogP contribution in [0.4, 0.5) is 11.4 Å². The predicted octanol–water partition coefficient (Wildman–Crippen LogP) is 3.86. The number of carbonyl (C=O) groups excluding carboxylic acids is 4. The molecule has 0 saturated heterocycles. The van der Waals surface area contributed by atoms with Crippen LogP contribution in [0.5, 0.6) is 0 Å². The lowest BCUT2D eigenvalue weighted by molar-refractivity contribution is -0.385. The number of carbonyl (C=O) groups is 4. The van der Waals surface area contributed by atoms with E-state index in [0.717, 1.165) is 24.3 Å². The number of rotatable bonds is 16. The smallest absolute Gasteiger partial charge is 0.338 e. The van der Waals surface area contributed by atoms with E-state index in [2.05, 4.69) is 10.6 Å². The third-order valence-corrected chi connectivity index (χ3v) is 7.64. The molecule has 0 radical (unpaired) electrons. The Balaban J connectivity index is 1.67. The summed E-state index contributed by atoms with van der Waals surface area (Å²) in [6, 6.07) is 11.8. The second kappa shape index (κ2) is 18.4. The number of esters is 2. The van der Waals surface area contributed by atoms with Gasteiger partial charge < -0.3 is 30.3 Å². The van der Waals surface area contributed by atoms with Crippen LogP contribution in [0.15, 0.2) is 72.8 Å². The number of non-ortho nitro benzene ring substituents is 2. The van der Waals surface area contributed by atoms with E-state index >= 15 is 0 Å². The molecule has 4 N–H and O–H groups in total. The van der Waals surface area contributed by atoms with E-state index in [4.69, 9.17) is 55.9 Å². The molecule has 4 unspecified atom stereocenters. The van der Waals surface area contributed by atoms with Gasteiger partial charge in [0, 0.05) is 24.3 Å². The van der Waals surface area contributed by atoms with Crippen molar-refractivity contribution in [3.63, 3.8) is 0 Å². The van der Waals surface area contributed by atoms with Crippen LogP contribution in [0.1, 0.15) is 44.1 Å². The first-order chi connectivity index (χ1) is 23.6. The summed E-state index contributed by atoms with van der Waals surface area (Å²) in [5.41, 5.74) is -0.315. The van der Waals surface area contributed by atoms with E-state index in [0.29, 0.717) is 0 Å². The Hall–Kier alpha value is -4.58. The Morgan fingerprint density at radius 3 is 1.16 bits per heavy atom. The number of nitrogens with one attached hydrogen (secondary N) is 2. The molecule has 3 aromatic carbocycles. The molecule has 0 saturated carbocycles. The fourth-order valence-corrected chi connectivity index (χ4v) is 4.46. The summed E-state index contributed by atoms with van der Waals surface area (Å²) in [4.78, 5) is 67.4. The lowest BCUT2D eigenvalue weighted by Crippen LogP contribution is -2.45. The van der Waals surface area contributed by atoms with Gasteiger partial charge in [0.05, 0.1) is 33.1 Å². The van der Waals surface area contributed by atoms with Gasteiger partial charge in [-0.2, -0.15) is 0 Å². The van der Waals surface area contributed by atoms with Crippen molar-refractivity contribution in [2.45, 2.75) is 34.0 Å². The zero-order chi connectivity index (χ0) is 37.1. The van der Waals surface area contributed by atoms with Crippen molar-refractivity contribution in [3.8, 4) is 0 Å². The molecule has 20 heteroatoms. The minimum atomic E-state index is -1.53. The highest BCUT2D eigenvalue weighted by molar-refractivity contribution is 6.54. The highest BCUT2D eigenvalue weighted by Gasteiger charge is 2.29. The third-order valence-electron chi connectivity index (χ3n) is 6.85. The summed E-state index contributed by atoms with van der Waals surface area (Å²) in [6.07, 6.45) is -3.02. The van der Waals surface area contributed by atoms with Crippen LogP contribution in [0, 0.1) is 20.2 Å². The number of aliphatic hydroxyl groups is 2. The first kappa shape index (κ1) is 39.9. The Morgan fingerprint density at radius 2 is 0.900 bits per heavy atom. The van der Waals surface area contributed by atoms with Crippen molar-refractivity contribution in [2.75, 3.05) is 13.2 Å². The van der Waals surface area contributed by atoms with Gasteiger partial charge in [-0.3, -0.25) is 29.8 Å². The molecule has 2 amide bonds. The fourth-order valence-electron chi connectivity index (χ4n) is 4.21. The monoisotopic (exact) mass is 774 g/mol. The van der Waals surface area contributed by atoms with E-state index in [1.165, 1.54) is 48.5 Å². The van der Waals surface area contributed by atoms with Gasteiger partial charge in [-0.25, -0.2) is 9.59 Å². The van der Waals surface area contributed by atoms with Gasteiger partial charge in [0.1, 0.15) is 25.4 Å². The minimum absolute atomic E-state index is 0.0574. The van der Waals surface area contributed by atoms with Crippen molar-refractivity contribution in [2.24, 2.45) is 0 Å². The molecule has 0 aliphatic rings. The molecule has 0 aliphatic carbocycles. The molecule has 3 rings (SSSR count). The van der Waals surface area contributed by atoms with Crippen LogP contribution in [0.25, 0.3) is 0 Å². The molecule has 3 aromatic rings. The number of aliphatic hydroxyl groups excluding tert-OH is 2. The average Bonchev–Trinajstić information content (AvgIpc) is 3.10. The molecule has 0 fully saturated rings. The molecular weight excluding hydrogens is 750 g/mol. The number of halogens is 4. The summed E-state index contributed by atoms with van der Waals surface area (Å²) in [5.74, 6) is -3.69. The Kier molecular flexibility index (Phi) is 14.7. The Bertz CT molecular complexity index is 1570. The molecule has 50 heavy (non-hydrogen) atoms. The van der Waals surface area contributed by atoms with E-state index in [-0.39, 0.29) is 33.6 Å². The van der Waals surface area contributed by atoms with Crippen LogP contribution in [0.3, 0.4) is 0 Å². The normalized spacial score (nSPS) is 13.4. The van der Waals surface area contributed by atoms with Crippen LogP contribution in [-0.2, 0) is 19.1 Å². The van der Waals surface area contributed by atoms with E-state index in [1.807, 2.05) is 0 Å². The number of amides is 2. The van der Waals surface area contributed by atoms with Crippen LogP contribution < -0.4 is 10.6 Å². The largest absolute Gasteiger partial charge is 0.460 e. The van der Waals surface area contributed by atoms with Crippen molar-refractivity contribution < 1.29 is 48.7 Å². The zero-order valence-corrected chi connectivity index (χ0v) is 28.2. The number of benzene rings is 3. The molecular formula is C30H26Cl4N4O12. The van der Waals surface area contributed by atoms with Crippen molar-refractivity contribution in [3.05, 3.63) is 115 Å². The summed E-state index contributed by atoms with van der Waals surface area (Å²) >= 11 is 22.4. The lowest BCUT2D eigenvalue weighted by Gasteiger charge is -2.24. The molecule has 0 heterocycles. The van der Waals surface area contributed by atoms with Crippen molar-refractivity contribution in [1.82, 2.24) is 10.6 Å². The van der Waals surface area contributed by atoms with Crippen LogP contribution in [0.2, 0.25) is 0 Å². The zero-order valence-electron chi connectivity index (χ0n) is 25.2. The highest BCUT2D eigenvalue weighted by atomic mass is 35.5. The second-order valence-electron chi connectivity index (χ2n) is 10.2. The maximum atomic E-state index is 12.8. The summed E-state index contributed by atoms with van der Waals surface area (Å²) in [7, 11) is 0. The number of hydrogen-bond acceptors (Lipinski definition) is 12. The number of nitro benzene ring substituents is 2. The van der Waals surface area contributed by atoms with Gasteiger partial charge in [0.15, 0.2) is 9.67 Å². The van der Waals surface area contributed by atoms with Crippen molar-refractivity contribution in [1.29, 1.82) is 0 Å². The molecule has 266 valence electrons. The van der Waals surface area contributed by atoms with Gasteiger partial charge in [-0.05, 0) is 59.7 Å². The van der Waals surface area contributed by atoms with Gasteiger partial charge in [-0.1, -0.05) is 46.4 Å².